The average Bonchev–Trinajstić information content (AvgIpc) is 2.51. The number of hydrogen-bond donors (Lipinski definition) is 0. The van der Waals surface area contributed by atoms with Crippen molar-refractivity contribution in [2.75, 3.05) is 6.67 Å². The van der Waals surface area contributed by atoms with E-state index in [1.165, 1.54) is 0 Å². The molecule has 0 aliphatic rings. The lowest BCUT2D eigenvalue weighted by Crippen LogP contribution is -2.73. The molecule has 19 heteroatoms. The van der Waals surface area contributed by atoms with Crippen molar-refractivity contribution in [1.82, 2.24) is 0 Å². The SMILES string of the molecule is FCC(F)(F)C(F)(F)C(F)(F)C(F)(F)C(F)(F)C(F)(F)C(F)(F)CC[Si](Cl)(Cl)Cl. The molecule has 0 aromatic rings. The maximum Gasteiger partial charge on any atom is 0.384 e. The van der Waals surface area contributed by atoms with E-state index in [1.54, 1.807) is 0 Å². The molecule has 0 atom stereocenters. The Bertz CT molecular complexity index is 585. The summed E-state index contributed by atoms with van der Waals surface area (Å²) < 4.78 is 196. The lowest BCUT2D eigenvalue weighted by atomic mass is 9.89. The van der Waals surface area contributed by atoms with Crippen LogP contribution in [-0.2, 0) is 0 Å². The Labute approximate surface area is 166 Å². The molecular formula is C10H6Cl3F15Si. The third-order valence-electron chi connectivity index (χ3n) is 3.39. The maximum atomic E-state index is 13.4. The van der Waals surface area contributed by atoms with Gasteiger partial charge in [0.15, 0.2) is 6.67 Å². The fourth-order valence-electron chi connectivity index (χ4n) is 1.59. The zero-order valence-electron chi connectivity index (χ0n) is 12.9. The van der Waals surface area contributed by atoms with Crippen LogP contribution in [0.15, 0.2) is 0 Å². The molecule has 0 bridgehead atoms. The van der Waals surface area contributed by atoms with Gasteiger partial charge in [-0.1, -0.05) is 0 Å². The molecule has 0 rings (SSSR count). The normalized spacial score (nSPS) is 16.3. The van der Waals surface area contributed by atoms with Crippen LogP contribution in [0.3, 0.4) is 0 Å². The third-order valence-corrected chi connectivity index (χ3v) is 5.90. The Morgan fingerprint density at radius 3 is 1.03 bits per heavy atom. The van der Waals surface area contributed by atoms with Crippen LogP contribution >= 0.6 is 33.2 Å². The first-order chi connectivity index (χ1) is 12.3. The molecule has 0 aromatic heterocycles. The van der Waals surface area contributed by atoms with Gasteiger partial charge in [-0.15, -0.1) is 33.2 Å². The predicted octanol–water partition coefficient (Wildman–Crippen LogP) is 7.45. The van der Waals surface area contributed by atoms with Gasteiger partial charge in [0.25, 0.3) is 0 Å². The Balaban J connectivity index is 6.38. The van der Waals surface area contributed by atoms with Gasteiger partial charge in [-0.25, -0.2) is 4.39 Å². The minimum atomic E-state index is -8.23. The summed E-state index contributed by atoms with van der Waals surface area (Å²) in [5.41, 5.74) is 0. The Morgan fingerprint density at radius 2 is 0.759 bits per heavy atom. The minimum absolute atomic E-state index is 1.60. The standard InChI is InChI=1S/C10H6Cl3F15Si/c11-29(12,13)2-1-4(15,16)6(19,20)8(23,24)10(27,28)9(25,26)7(21,22)5(17,18)3-14/h1-3H2. The van der Waals surface area contributed by atoms with Gasteiger partial charge in [-0.05, 0) is 6.04 Å². The molecule has 0 radical (unpaired) electrons. The van der Waals surface area contributed by atoms with Gasteiger partial charge in [0, 0.05) is 6.42 Å². The van der Waals surface area contributed by atoms with Gasteiger partial charge >= 0.3 is 47.5 Å². The van der Waals surface area contributed by atoms with Crippen molar-refractivity contribution in [2.45, 2.75) is 53.9 Å². The molecule has 0 spiro atoms. The van der Waals surface area contributed by atoms with E-state index < -0.39 is 66.6 Å². The second-order valence-corrected chi connectivity index (χ2v) is 14.8. The zero-order valence-corrected chi connectivity index (χ0v) is 16.2. The van der Waals surface area contributed by atoms with Crippen LogP contribution in [-0.4, -0.2) is 54.1 Å². The molecule has 29 heavy (non-hydrogen) atoms. The monoisotopic (exact) mass is 544 g/mol. The molecule has 0 heterocycles. The van der Waals surface area contributed by atoms with E-state index in [-0.39, 0.29) is 0 Å². The van der Waals surface area contributed by atoms with E-state index in [1.807, 2.05) is 0 Å². The highest BCUT2D eigenvalue weighted by Crippen LogP contribution is 2.62. The molecule has 0 fully saturated rings. The summed E-state index contributed by atoms with van der Waals surface area (Å²) in [6.07, 6.45) is -2.60. The molecular weight excluding hydrogens is 540 g/mol. The molecule has 0 N–H and O–H groups in total. The van der Waals surface area contributed by atoms with Crippen LogP contribution in [0.25, 0.3) is 0 Å². The topological polar surface area (TPSA) is 0 Å². The molecule has 0 amide bonds. The second-order valence-electron chi connectivity index (χ2n) is 5.53. The highest BCUT2D eigenvalue weighted by atomic mass is 35.8. The van der Waals surface area contributed by atoms with E-state index in [2.05, 4.69) is 0 Å². The van der Waals surface area contributed by atoms with Crippen molar-refractivity contribution in [3.05, 3.63) is 0 Å². The van der Waals surface area contributed by atoms with Crippen molar-refractivity contribution in [3.8, 4) is 0 Å². The summed E-state index contributed by atoms with van der Waals surface area (Å²) in [7, 11) is 0. The Kier molecular flexibility index (Phi) is 7.88. The van der Waals surface area contributed by atoms with Gasteiger partial charge in [-0.3, -0.25) is 0 Å². The van der Waals surface area contributed by atoms with Crippen molar-refractivity contribution in [2.24, 2.45) is 0 Å². The van der Waals surface area contributed by atoms with Gasteiger partial charge in [0.1, 0.15) is 0 Å². The predicted molar refractivity (Wildman–Crippen MR) is 73.3 cm³/mol. The van der Waals surface area contributed by atoms with Crippen molar-refractivity contribution in [3.63, 3.8) is 0 Å². The average molecular weight is 546 g/mol. The van der Waals surface area contributed by atoms with Crippen LogP contribution in [0.1, 0.15) is 6.42 Å². The molecule has 0 saturated heterocycles. The van der Waals surface area contributed by atoms with Crippen LogP contribution < -0.4 is 0 Å². The number of hydrogen-bond acceptors (Lipinski definition) is 0. The van der Waals surface area contributed by atoms with Crippen molar-refractivity contribution < 1.29 is 65.9 Å². The first kappa shape index (κ1) is 29.0. The Morgan fingerprint density at radius 1 is 0.483 bits per heavy atom. The van der Waals surface area contributed by atoms with Gasteiger partial charge < -0.3 is 0 Å². The van der Waals surface area contributed by atoms with E-state index >= 15 is 0 Å². The van der Waals surface area contributed by atoms with Crippen molar-refractivity contribution in [1.29, 1.82) is 0 Å². The van der Waals surface area contributed by atoms with Crippen molar-refractivity contribution >= 4 is 39.2 Å². The summed E-state index contributed by atoms with van der Waals surface area (Å²) in [4.78, 5) is 0. The second kappa shape index (κ2) is 7.87. The summed E-state index contributed by atoms with van der Waals surface area (Å²) in [6.45, 7) is -3.81. The lowest BCUT2D eigenvalue weighted by Gasteiger charge is -2.42. The quantitative estimate of drug-likeness (QED) is 0.152. The first-order valence-corrected chi connectivity index (χ1v) is 11.8. The smallest absolute Gasteiger partial charge is 0.244 e. The third kappa shape index (κ3) is 4.63. The number of rotatable bonds is 10. The maximum absolute atomic E-state index is 13.4. The summed E-state index contributed by atoms with van der Waals surface area (Å²) in [6, 6.07) is -5.89. The highest BCUT2D eigenvalue weighted by Gasteiger charge is 2.92. The largest absolute Gasteiger partial charge is 0.384 e. The minimum Gasteiger partial charge on any atom is -0.244 e. The molecule has 0 aromatic carbocycles. The van der Waals surface area contributed by atoms with Crippen LogP contribution in [0.4, 0.5) is 65.9 Å². The van der Waals surface area contributed by atoms with Crippen LogP contribution in [0.2, 0.25) is 6.04 Å². The van der Waals surface area contributed by atoms with Crippen LogP contribution in [0, 0.1) is 0 Å². The lowest BCUT2D eigenvalue weighted by molar-refractivity contribution is -0.441. The number of alkyl halides is 15. The molecule has 0 aliphatic carbocycles. The first-order valence-electron chi connectivity index (χ1n) is 6.54. The fraction of sp³-hybridized carbons (Fsp3) is 1.00. The number of halogens is 18. The van der Waals surface area contributed by atoms with E-state index in [4.69, 9.17) is 33.2 Å². The van der Waals surface area contributed by atoms with Gasteiger partial charge in [-0.2, -0.15) is 61.5 Å². The molecule has 0 nitrogen and oxygen atoms in total. The summed E-state index contributed by atoms with van der Waals surface area (Å²) >= 11 is 15.0. The van der Waals surface area contributed by atoms with E-state index in [0.29, 0.717) is 0 Å². The molecule has 176 valence electrons. The molecule has 0 aliphatic heterocycles. The van der Waals surface area contributed by atoms with Crippen LogP contribution in [0.5, 0.6) is 0 Å². The highest BCUT2D eigenvalue weighted by molar-refractivity contribution is 7.64. The van der Waals surface area contributed by atoms with E-state index in [9.17, 15) is 65.9 Å². The van der Waals surface area contributed by atoms with Gasteiger partial charge in [0.05, 0.1) is 0 Å². The summed E-state index contributed by atoms with van der Waals surface area (Å²) in [5, 5.41) is 0. The van der Waals surface area contributed by atoms with E-state index in [0.717, 1.165) is 0 Å². The Hall–Kier alpha value is 0.0369. The van der Waals surface area contributed by atoms with Gasteiger partial charge in [0.2, 0.25) is 0 Å². The molecule has 0 saturated carbocycles. The zero-order chi connectivity index (χ0) is 24.1. The fourth-order valence-corrected chi connectivity index (χ4v) is 3.04. The molecule has 0 unspecified atom stereocenters. The summed E-state index contributed by atoms with van der Waals surface area (Å²) in [5.74, 6) is -52.7.